The molecule has 0 spiro atoms. The smallest absolute Gasteiger partial charge is 0.305 e. The highest BCUT2D eigenvalue weighted by Crippen LogP contribution is 2.25. The fourth-order valence-corrected chi connectivity index (χ4v) is 3.26. The third-order valence-corrected chi connectivity index (χ3v) is 4.69. The van der Waals surface area contributed by atoms with Gasteiger partial charge in [-0.3, -0.25) is 14.4 Å². The summed E-state index contributed by atoms with van der Waals surface area (Å²) >= 11 is 0. The molecule has 2 amide bonds. The van der Waals surface area contributed by atoms with E-state index in [-0.39, 0.29) is 24.2 Å². The molecular formula is C20H27FN2O4. The molecule has 0 aromatic heterocycles. The van der Waals surface area contributed by atoms with E-state index in [1.54, 1.807) is 4.90 Å². The average Bonchev–Trinajstić information content (AvgIpc) is 2.60. The first-order chi connectivity index (χ1) is 12.6. The van der Waals surface area contributed by atoms with Crippen LogP contribution in [0, 0.1) is 17.2 Å². The summed E-state index contributed by atoms with van der Waals surface area (Å²) in [5, 5.41) is 11.9. The zero-order chi connectivity index (χ0) is 20.2. The molecule has 1 aliphatic heterocycles. The second-order valence-electron chi connectivity index (χ2n) is 8.05. The molecule has 148 valence electrons. The molecule has 0 radical (unpaired) electrons. The first kappa shape index (κ1) is 20.9. The lowest BCUT2D eigenvalue weighted by molar-refractivity contribution is -0.142. The van der Waals surface area contributed by atoms with E-state index in [9.17, 15) is 18.8 Å². The molecule has 1 aromatic carbocycles. The Kier molecular flexibility index (Phi) is 6.57. The number of aliphatic carboxylic acids is 1. The van der Waals surface area contributed by atoms with E-state index in [2.05, 4.69) is 5.32 Å². The van der Waals surface area contributed by atoms with Crippen molar-refractivity contribution < 1.29 is 23.9 Å². The molecule has 2 atom stereocenters. The SMILES string of the molecule is CC(C)(C)C(=O)N1CCCC(C(=O)NC(CC(=O)O)c2ccc(F)cc2)C1. The number of piperidine rings is 1. The number of carbonyl (C=O) groups is 3. The average molecular weight is 378 g/mol. The Labute approximate surface area is 158 Å². The monoisotopic (exact) mass is 378 g/mol. The second-order valence-corrected chi connectivity index (χ2v) is 8.05. The molecule has 7 heteroatoms. The lowest BCUT2D eigenvalue weighted by atomic mass is 9.90. The zero-order valence-electron chi connectivity index (χ0n) is 16.0. The number of nitrogens with zero attached hydrogens (tertiary/aromatic N) is 1. The molecule has 0 bridgehead atoms. The summed E-state index contributed by atoms with van der Waals surface area (Å²) < 4.78 is 13.1. The Morgan fingerprint density at radius 3 is 2.44 bits per heavy atom. The Morgan fingerprint density at radius 2 is 1.89 bits per heavy atom. The van der Waals surface area contributed by atoms with E-state index in [4.69, 9.17) is 5.11 Å². The summed E-state index contributed by atoms with van der Waals surface area (Å²) in [5.74, 6) is -2.15. The van der Waals surface area contributed by atoms with E-state index < -0.39 is 23.2 Å². The van der Waals surface area contributed by atoms with Gasteiger partial charge >= 0.3 is 5.97 Å². The number of hydrogen-bond acceptors (Lipinski definition) is 3. The number of carboxylic acids is 1. The number of carbonyl (C=O) groups excluding carboxylic acids is 2. The van der Waals surface area contributed by atoms with Gasteiger partial charge in [-0.1, -0.05) is 32.9 Å². The summed E-state index contributed by atoms with van der Waals surface area (Å²) in [7, 11) is 0. The largest absolute Gasteiger partial charge is 0.481 e. The normalized spacial score (nSPS) is 18.7. The number of carboxylic acid groups (broad SMARTS) is 1. The second kappa shape index (κ2) is 8.50. The van der Waals surface area contributed by atoms with Gasteiger partial charge in [-0.25, -0.2) is 4.39 Å². The summed E-state index contributed by atoms with van der Waals surface area (Å²) in [6, 6.07) is 4.67. The molecule has 6 nitrogen and oxygen atoms in total. The number of benzene rings is 1. The first-order valence-electron chi connectivity index (χ1n) is 9.15. The van der Waals surface area contributed by atoms with Gasteiger partial charge in [0, 0.05) is 18.5 Å². The van der Waals surface area contributed by atoms with Crippen LogP contribution in [-0.2, 0) is 14.4 Å². The molecule has 27 heavy (non-hydrogen) atoms. The third kappa shape index (κ3) is 5.77. The highest BCUT2D eigenvalue weighted by Gasteiger charge is 2.34. The Bertz CT molecular complexity index is 697. The van der Waals surface area contributed by atoms with Crippen molar-refractivity contribution >= 4 is 17.8 Å². The van der Waals surface area contributed by atoms with E-state index in [1.807, 2.05) is 20.8 Å². The van der Waals surface area contributed by atoms with Gasteiger partial charge in [-0.15, -0.1) is 0 Å². The summed E-state index contributed by atoms with van der Waals surface area (Å²) in [6.45, 7) is 6.48. The van der Waals surface area contributed by atoms with Gasteiger partial charge in [0.05, 0.1) is 18.4 Å². The number of nitrogens with one attached hydrogen (secondary N) is 1. The highest BCUT2D eigenvalue weighted by atomic mass is 19.1. The first-order valence-corrected chi connectivity index (χ1v) is 9.15. The zero-order valence-corrected chi connectivity index (χ0v) is 16.0. The molecule has 2 unspecified atom stereocenters. The van der Waals surface area contributed by atoms with Crippen molar-refractivity contribution in [2.45, 2.75) is 46.1 Å². The van der Waals surface area contributed by atoms with Gasteiger partial charge in [0.15, 0.2) is 0 Å². The number of amides is 2. The molecular weight excluding hydrogens is 351 g/mol. The molecule has 0 saturated carbocycles. The fraction of sp³-hybridized carbons (Fsp3) is 0.550. The van der Waals surface area contributed by atoms with Crippen LogP contribution in [0.5, 0.6) is 0 Å². The van der Waals surface area contributed by atoms with Gasteiger partial charge in [-0.05, 0) is 30.5 Å². The molecule has 1 aliphatic rings. The maximum atomic E-state index is 13.1. The van der Waals surface area contributed by atoms with Crippen molar-refractivity contribution in [3.05, 3.63) is 35.6 Å². The van der Waals surface area contributed by atoms with Gasteiger partial charge in [0.1, 0.15) is 5.82 Å². The predicted octanol–water partition coefficient (Wildman–Crippen LogP) is 2.74. The van der Waals surface area contributed by atoms with Crippen molar-refractivity contribution in [3.63, 3.8) is 0 Å². The summed E-state index contributed by atoms with van der Waals surface area (Å²) in [5.41, 5.74) is 0.0174. The van der Waals surface area contributed by atoms with Gasteiger partial charge in [-0.2, -0.15) is 0 Å². The third-order valence-electron chi connectivity index (χ3n) is 4.69. The summed E-state index contributed by atoms with van der Waals surface area (Å²) in [4.78, 5) is 38.1. The topological polar surface area (TPSA) is 86.7 Å². The minimum atomic E-state index is -1.06. The lowest BCUT2D eigenvalue weighted by Gasteiger charge is -2.36. The van der Waals surface area contributed by atoms with Crippen molar-refractivity contribution in [3.8, 4) is 0 Å². The molecule has 1 heterocycles. The Hall–Kier alpha value is -2.44. The Morgan fingerprint density at radius 1 is 1.26 bits per heavy atom. The van der Waals surface area contributed by atoms with Crippen molar-refractivity contribution in [1.82, 2.24) is 10.2 Å². The van der Waals surface area contributed by atoms with Crippen LogP contribution in [0.15, 0.2) is 24.3 Å². The molecule has 0 aliphatic carbocycles. The number of halogens is 1. The standard InChI is InChI=1S/C20H27FN2O4/c1-20(2,3)19(27)23-10-4-5-14(12-23)18(26)22-16(11-17(24)25)13-6-8-15(21)9-7-13/h6-9,14,16H,4-5,10-12H2,1-3H3,(H,22,26)(H,24,25). The maximum absolute atomic E-state index is 13.1. The van der Waals surface area contributed by atoms with Crippen molar-refractivity contribution in [2.75, 3.05) is 13.1 Å². The van der Waals surface area contributed by atoms with Crippen LogP contribution < -0.4 is 5.32 Å². The Balaban J connectivity index is 2.08. The van der Waals surface area contributed by atoms with Gasteiger partial charge in [0.25, 0.3) is 0 Å². The summed E-state index contributed by atoms with van der Waals surface area (Å²) in [6.07, 6.45) is 1.07. The molecule has 1 aromatic rings. The van der Waals surface area contributed by atoms with E-state index in [0.29, 0.717) is 25.1 Å². The minimum absolute atomic E-state index is 0.000575. The quantitative estimate of drug-likeness (QED) is 0.825. The molecule has 1 saturated heterocycles. The van der Waals surface area contributed by atoms with Crippen LogP contribution in [0.4, 0.5) is 4.39 Å². The molecule has 2 rings (SSSR count). The number of likely N-dealkylation sites (tertiary alicyclic amines) is 1. The maximum Gasteiger partial charge on any atom is 0.305 e. The number of hydrogen-bond donors (Lipinski definition) is 2. The van der Waals surface area contributed by atoms with Gasteiger partial charge in [0.2, 0.25) is 11.8 Å². The predicted molar refractivity (Wildman–Crippen MR) is 98.3 cm³/mol. The molecule has 1 fully saturated rings. The van der Waals surface area contributed by atoms with Crippen LogP contribution >= 0.6 is 0 Å². The van der Waals surface area contributed by atoms with Crippen molar-refractivity contribution in [1.29, 1.82) is 0 Å². The van der Waals surface area contributed by atoms with Crippen LogP contribution in [0.2, 0.25) is 0 Å². The van der Waals surface area contributed by atoms with E-state index in [0.717, 1.165) is 6.42 Å². The van der Waals surface area contributed by atoms with Crippen LogP contribution in [0.1, 0.15) is 51.6 Å². The van der Waals surface area contributed by atoms with E-state index in [1.165, 1.54) is 24.3 Å². The molecule has 2 N–H and O–H groups in total. The lowest BCUT2D eigenvalue weighted by Crippen LogP contribution is -2.49. The number of rotatable bonds is 5. The van der Waals surface area contributed by atoms with Crippen LogP contribution in [0.25, 0.3) is 0 Å². The van der Waals surface area contributed by atoms with Crippen LogP contribution in [0.3, 0.4) is 0 Å². The van der Waals surface area contributed by atoms with Gasteiger partial charge < -0.3 is 15.3 Å². The van der Waals surface area contributed by atoms with Crippen molar-refractivity contribution in [2.24, 2.45) is 11.3 Å². The van der Waals surface area contributed by atoms with Crippen LogP contribution in [-0.4, -0.2) is 40.9 Å². The minimum Gasteiger partial charge on any atom is -0.481 e. The fourth-order valence-electron chi connectivity index (χ4n) is 3.26. The highest BCUT2D eigenvalue weighted by molar-refractivity contribution is 5.84. The van der Waals surface area contributed by atoms with E-state index >= 15 is 0 Å².